The zero-order valence-corrected chi connectivity index (χ0v) is 15.5. The molecule has 2 aromatic rings. The van der Waals surface area contributed by atoms with Crippen LogP contribution in [0.5, 0.6) is 5.75 Å². The second-order valence-corrected chi connectivity index (χ2v) is 6.78. The molecule has 0 aliphatic rings. The van der Waals surface area contributed by atoms with Crippen LogP contribution in [-0.2, 0) is 0 Å². The Hall–Kier alpha value is -1.42. The quantitative estimate of drug-likeness (QED) is 0.409. The van der Waals surface area contributed by atoms with Gasteiger partial charge in [-0.15, -0.1) is 0 Å². The van der Waals surface area contributed by atoms with Crippen molar-refractivity contribution in [1.82, 2.24) is 0 Å². The van der Waals surface area contributed by atoms with E-state index in [0.29, 0.717) is 12.2 Å². The number of hydrogen-bond donors (Lipinski definition) is 0. The summed E-state index contributed by atoms with van der Waals surface area (Å²) in [6.07, 6.45) is 6.77. The Kier molecular flexibility index (Phi) is 7.70. The molecular formula is C20H23BrF2O. The highest BCUT2D eigenvalue weighted by molar-refractivity contribution is 9.10. The molecule has 0 fully saturated rings. The molecule has 0 amide bonds. The smallest absolute Gasteiger partial charge is 0.201 e. The van der Waals surface area contributed by atoms with Crippen LogP contribution in [0.4, 0.5) is 8.78 Å². The Balaban J connectivity index is 1.93. The van der Waals surface area contributed by atoms with Crippen molar-refractivity contribution in [2.45, 2.75) is 45.4 Å². The summed E-state index contributed by atoms with van der Waals surface area (Å²) < 4.78 is 34.8. The molecular weight excluding hydrogens is 374 g/mol. The van der Waals surface area contributed by atoms with Crippen molar-refractivity contribution in [2.75, 3.05) is 6.61 Å². The Labute approximate surface area is 151 Å². The number of ether oxygens (including phenoxy) is 1. The van der Waals surface area contributed by atoms with Gasteiger partial charge in [0, 0.05) is 10.0 Å². The molecule has 24 heavy (non-hydrogen) atoms. The molecule has 0 radical (unpaired) electrons. The summed E-state index contributed by atoms with van der Waals surface area (Å²) in [4.78, 5) is 0. The van der Waals surface area contributed by atoms with E-state index in [2.05, 4.69) is 22.9 Å². The summed E-state index contributed by atoms with van der Waals surface area (Å²) in [6.45, 7) is 2.60. The third-order valence-corrected chi connectivity index (χ3v) is 4.49. The van der Waals surface area contributed by atoms with Gasteiger partial charge in [-0.2, -0.15) is 4.39 Å². The highest BCUT2D eigenvalue weighted by Crippen LogP contribution is 2.30. The van der Waals surface area contributed by atoms with E-state index in [1.165, 1.54) is 25.3 Å². The lowest BCUT2D eigenvalue weighted by Gasteiger charge is -2.10. The minimum atomic E-state index is -0.915. The third-order valence-electron chi connectivity index (χ3n) is 3.96. The van der Waals surface area contributed by atoms with E-state index in [1.807, 2.05) is 0 Å². The van der Waals surface area contributed by atoms with Gasteiger partial charge in [0.05, 0.1) is 6.61 Å². The zero-order valence-electron chi connectivity index (χ0n) is 14.0. The maximum absolute atomic E-state index is 14.3. The van der Waals surface area contributed by atoms with Crippen LogP contribution in [0.2, 0.25) is 0 Å². The molecule has 1 nitrogen and oxygen atoms in total. The molecule has 0 saturated carbocycles. The van der Waals surface area contributed by atoms with Crippen LogP contribution in [0.3, 0.4) is 0 Å². The van der Waals surface area contributed by atoms with Crippen molar-refractivity contribution in [3.05, 3.63) is 52.5 Å². The molecule has 0 saturated heterocycles. The first kappa shape index (κ1) is 18.9. The van der Waals surface area contributed by atoms with Crippen LogP contribution in [0.1, 0.15) is 45.4 Å². The first-order chi connectivity index (χ1) is 11.6. The van der Waals surface area contributed by atoms with Crippen LogP contribution in [0.25, 0.3) is 11.1 Å². The topological polar surface area (TPSA) is 9.23 Å². The van der Waals surface area contributed by atoms with Crippen LogP contribution < -0.4 is 4.74 Å². The molecule has 0 atom stereocenters. The minimum Gasteiger partial charge on any atom is -0.490 e. The fourth-order valence-electron chi connectivity index (χ4n) is 2.56. The van der Waals surface area contributed by atoms with Gasteiger partial charge in [-0.3, -0.25) is 0 Å². The summed E-state index contributed by atoms with van der Waals surface area (Å²) in [7, 11) is 0. The van der Waals surface area contributed by atoms with E-state index in [4.69, 9.17) is 4.74 Å². The first-order valence-electron chi connectivity index (χ1n) is 8.50. The van der Waals surface area contributed by atoms with Gasteiger partial charge >= 0.3 is 0 Å². The Bertz CT molecular complexity index is 641. The van der Waals surface area contributed by atoms with Crippen molar-refractivity contribution < 1.29 is 13.5 Å². The van der Waals surface area contributed by atoms with Gasteiger partial charge in [-0.25, -0.2) is 4.39 Å². The third kappa shape index (κ3) is 5.30. The molecule has 0 bridgehead atoms. The van der Waals surface area contributed by atoms with E-state index < -0.39 is 11.6 Å². The largest absolute Gasteiger partial charge is 0.490 e. The van der Waals surface area contributed by atoms with Crippen LogP contribution in [0.15, 0.2) is 40.9 Å². The number of rotatable bonds is 9. The summed E-state index contributed by atoms with van der Waals surface area (Å²) in [5.74, 6) is -1.79. The monoisotopic (exact) mass is 396 g/mol. The number of benzene rings is 2. The average molecular weight is 397 g/mol. The number of unbranched alkanes of at least 4 members (excludes halogenated alkanes) is 5. The van der Waals surface area contributed by atoms with Crippen LogP contribution in [-0.4, -0.2) is 6.61 Å². The van der Waals surface area contributed by atoms with E-state index in [9.17, 15) is 8.78 Å². The lowest BCUT2D eigenvalue weighted by molar-refractivity contribution is 0.285. The van der Waals surface area contributed by atoms with Crippen molar-refractivity contribution in [3.63, 3.8) is 0 Å². The zero-order chi connectivity index (χ0) is 17.4. The highest BCUT2D eigenvalue weighted by Gasteiger charge is 2.15. The molecule has 0 aliphatic carbocycles. The molecule has 0 heterocycles. The fraction of sp³-hybridized carbons (Fsp3) is 0.400. The lowest BCUT2D eigenvalue weighted by atomic mass is 10.0. The van der Waals surface area contributed by atoms with Crippen LogP contribution >= 0.6 is 15.9 Å². The van der Waals surface area contributed by atoms with Crippen molar-refractivity contribution in [3.8, 4) is 16.9 Å². The van der Waals surface area contributed by atoms with E-state index >= 15 is 0 Å². The van der Waals surface area contributed by atoms with Gasteiger partial charge in [0.25, 0.3) is 0 Å². The molecule has 4 heteroatoms. The normalized spacial score (nSPS) is 10.8. The predicted molar refractivity (Wildman–Crippen MR) is 98.4 cm³/mol. The number of hydrogen-bond acceptors (Lipinski definition) is 1. The highest BCUT2D eigenvalue weighted by atomic mass is 79.9. The van der Waals surface area contributed by atoms with Gasteiger partial charge in [0.1, 0.15) is 0 Å². The molecule has 0 spiro atoms. The molecule has 2 aromatic carbocycles. The maximum Gasteiger partial charge on any atom is 0.201 e. The molecule has 2 rings (SSSR count). The van der Waals surface area contributed by atoms with E-state index in [-0.39, 0.29) is 11.3 Å². The second-order valence-electron chi connectivity index (χ2n) is 5.86. The predicted octanol–water partition coefficient (Wildman–Crippen LogP) is 7.13. The number of halogens is 3. The Morgan fingerprint density at radius 3 is 2.21 bits per heavy atom. The van der Waals surface area contributed by atoms with Gasteiger partial charge in [-0.1, -0.05) is 67.1 Å². The molecule has 130 valence electrons. The van der Waals surface area contributed by atoms with Crippen molar-refractivity contribution in [2.24, 2.45) is 0 Å². The first-order valence-corrected chi connectivity index (χ1v) is 9.29. The summed E-state index contributed by atoms with van der Waals surface area (Å²) in [5, 5.41) is 0. The van der Waals surface area contributed by atoms with E-state index in [1.54, 1.807) is 30.3 Å². The fourth-order valence-corrected chi connectivity index (χ4v) is 2.82. The SMILES string of the molecule is CCCCCCCCOc1ccc(-c2ccc(Br)cc2)c(F)c1F. The molecule has 0 aromatic heterocycles. The minimum absolute atomic E-state index is 0.0121. The van der Waals surface area contributed by atoms with Crippen LogP contribution in [0, 0.1) is 11.6 Å². The van der Waals surface area contributed by atoms with E-state index in [0.717, 1.165) is 23.7 Å². The molecule has 0 N–H and O–H groups in total. The molecule has 0 aliphatic heterocycles. The second kappa shape index (κ2) is 9.77. The van der Waals surface area contributed by atoms with Gasteiger partial charge in [0.2, 0.25) is 5.82 Å². The van der Waals surface area contributed by atoms with Gasteiger partial charge in [0.15, 0.2) is 11.6 Å². The lowest BCUT2D eigenvalue weighted by Crippen LogP contribution is -2.01. The summed E-state index contributed by atoms with van der Waals surface area (Å²) >= 11 is 3.33. The Morgan fingerprint density at radius 1 is 0.833 bits per heavy atom. The average Bonchev–Trinajstić information content (AvgIpc) is 2.59. The standard InChI is InChI=1S/C20H23BrF2O/c1-2-3-4-5-6-7-14-24-18-13-12-17(19(22)20(18)23)15-8-10-16(21)11-9-15/h8-13H,2-7,14H2,1H3. The van der Waals surface area contributed by atoms with Crippen molar-refractivity contribution in [1.29, 1.82) is 0 Å². The Morgan fingerprint density at radius 2 is 1.50 bits per heavy atom. The summed E-state index contributed by atoms with van der Waals surface area (Å²) in [6, 6.07) is 10.2. The summed E-state index contributed by atoms with van der Waals surface area (Å²) in [5.41, 5.74) is 0.879. The van der Waals surface area contributed by atoms with Gasteiger partial charge in [-0.05, 0) is 36.2 Å². The van der Waals surface area contributed by atoms with Crippen molar-refractivity contribution >= 4 is 15.9 Å². The molecule has 0 unspecified atom stereocenters. The maximum atomic E-state index is 14.3. The van der Waals surface area contributed by atoms with Gasteiger partial charge < -0.3 is 4.74 Å².